The third kappa shape index (κ3) is 17.7. The first-order valence-electron chi connectivity index (χ1n) is 28.8. The number of carbonyl (C=O) groups is 4. The summed E-state index contributed by atoms with van der Waals surface area (Å²) in [4.78, 5) is 73.7. The van der Waals surface area contributed by atoms with Gasteiger partial charge in [-0.05, 0) is 131 Å². The maximum absolute atomic E-state index is 14.1. The van der Waals surface area contributed by atoms with E-state index in [2.05, 4.69) is 48.0 Å². The Bertz CT molecular complexity index is 2720. The highest BCUT2D eigenvalue weighted by atomic mass is 19.4. The Morgan fingerprint density at radius 2 is 0.952 bits per heavy atom. The second kappa shape index (κ2) is 29.1. The van der Waals surface area contributed by atoms with Gasteiger partial charge in [0, 0.05) is 96.9 Å². The molecule has 4 fully saturated rings. The molecule has 24 heteroatoms. The number of nitrogens with zero attached hydrogens (tertiary/aromatic N) is 10. The fourth-order valence-electron chi connectivity index (χ4n) is 11.0. The number of hydrogen-bond donors (Lipinski definition) is 3. The minimum absolute atomic E-state index is 0.0549. The smallest absolute Gasteiger partial charge is 0.380 e. The fraction of sp³-hybridized carbons (Fsp3) is 0.559. The minimum atomic E-state index is -4.78. The Hall–Kier alpha value is -7.60. The first-order valence-corrected chi connectivity index (χ1v) is 28.8. The molecule has 4 aliphatic rings. The normalized spacial score (nSPS) is 17.7. The van der Waals surface area contributed by atoms with E-state index in [4.69, 9.17) is 15.3 Å². The van der Waals surface area contributed by atoms with E-state index in [0.29, 0.717) is 159 Å². The Morgan fingerprint density at radius 1 is 0.530 bits per heavy atom. The molecular weight excluding hydrogens is 1080 g/mol. The van der Waals surface area contributed by atoms with E-state index in [1.807, 2.05) is 34.1 Å². The van der Waals surface area contributed by atoms with Crippen LogP contribution in [0.25, 0.3) is 0 Å². The Balaban J connectivity index is 0.654. The lowest BCUT2D eigenvalue weighted by Crippen LogP contribution is -2.57. The van der Waals surface area contributed by atoms with Gasteiger partial charge >= 0.3 is 12.4 Å². The Kier molecular flexibility index (Phi) is 21.5. The molecule has 0 saturated carbocycles. The summed E-state index contributed by atoms with van der Waals surface area (Å²) in [7, 11) is 0. The molecule has 444 valence electrons. The Labute approximate surface area is 479 Å². The van der Waals surface area contributed by atoms with Crippen LogP contribution in [0.2, 0.25) is 0 Å². The fourth-order valence-corrected chi connectivity index (χ4v) is 11.0. The average molecular weight is 1160 g/mol. The molecule has 0 unspecified atom stereocenters. The van der Waals surface area contributed by atoms with Crippen LogP contribution >= 0.6 is 0 Å². The van der Waals surface area contributed by atoms with Crippen LogP contribution in [0.5, 0.6) is 0 Å². The molecule has 0 radical (unpaired) electrons. The summed E-state index contributed by atoms with van der Waals surface area (Å²) >= 11 is 0. The van der Waals surface area contributed by atoms with Gasteiger partial charge in [-0.3, -0.25) is 19.2 Å². The number of benzene rings is 2. The lowest BCUT2D eigenvalue weighted by atomic mass is 9.91. The number of carbonyl (C=O) groups excluding carboxylic acids is 4. The van der Waals surface area contributed by atoms with E-state index in [0.717, 1.165) is 49.7 Å². The van der Waals surface area contributed by atoms with Crippen molar-refractivity contribution in [1.82, 2.24) is 35.9 Å². The van der Waals surface area contributed by atoms with Crippen LogP contribution in [-0.4, -0.2) is 128 Å². The molecule has 2 aromatic carbocycles. The third-order valence-corrected chi connectivity index (χ3v) is 16.0. The van der Waals surface area contributed by atoms with Crippen LogP contribution in [0.1, 0.15) is 124 Å². The number of amides is 3. The summed E-state index contributed by atoms with van der Waals surface area (Å²) in [5, 5.41) is 26.7. The lowest BCUT2D eigenvalue weighted by molar-refractivity contribution is -0.145. The quantitative estimate of drug-likeness (QED) is 0.0381. The number of ether oxygens (including phenoxy) is 1. The summed E-state index contributed by atoms with van der Waals surface area (Å²) in [6, 6.07) is 19.9. The zero-order chi connectivity index (χ0) is 58.9. The molecule has 18 nitrogen and oxygen atoms in total. The van der Waals surface area contributed by atoms with Gasteiger partial charge in [0.05, 0.1) is 29.9 Å². The molecule has 0 spiro atoms. The van der Waals surface area contributed by atoms with Crippen LogP contribution in [0, 0.1) is 34.5 Å². The molecule has 83 heavy (non-hydrogen) atoms. The zero-order valence-corrected chi connectivity index (χ0v) is 46.5. The number of aromatic nitrogens is 4. The molecule has 4 aliphatic heterocycles. The second-order valence-electron chi connectivity index (χ2n) is 21.8. The molecule has 3 amide bonds. The predicted octanol–water partition coefficient (Wildman–Crippen LogP) is 7.88. The van der Waals surface area contributed by atoms with Gasteiger partial charge in [-0.2, -0.15) is 36.9 Å². The predicted molar refractivity (Wildman–Crippen MR) is 297 cm³/mol. The van der Waals surface area contributed by atoms with Crippen molar-refractivity contribution in [3.8, 4) is 12.1 Å². The number of ketones is 1. The van der Waals surface area contributed by atoms with Crippen LogP contribution in [0.3, 0.4) is 0 Å². The molecule has 6 heterocycles. The van der Waals surface area contributed by atoms with Gasteiger partial charge < -0.3 is 40.3 Å². The first-order chi connectivity index (χ1) is 39.9. The number of anilines is 4. The molecule has 0 bridgehead atoms. The molecule has 3 N–H and O–H groups in total. The zero-order valence-electron chi connectivity index (χ0n) is 46.5. The highest BCUT2D eigenvalue weighted by Gasteiger charge is 2.42. The maximum Gasteiger partial charge on any atom is 0.451 e. The minimum Gasteiger partial charge on any atom is -0.380 e. The summed E-state index contributed by atoms with van der Waals surface area (Å²) < 4.78 is 90.0. The van der Waals surface area contributed by atoms with Gasteiger partial charge in [0.1, 0.15) is 41.1 Å². The lowest BCUT2D eigenvalue weighted by Gasteiger charge is -2.41. The number of nitrogens with one attached hydrogen (secondary N) is 3. The van der Waals surface area contributed by atoms with Crippen LogP contribution in [0.15, 0.2) is 60.7 Å². The second-order valence-corrected chi connectivity index (χ2v) is 21.8. The molecule has 2 aromatic heterocycles. The van der Waals surface area contributed by atoms with Gasteiger partial charge in [-0.25, -0.2) is 19.9 Å². The topological polar surface area (TPSA) is 226 Å². The van der Waals surface area contributed by atoms with Crippen molar-refractivity contribution in [2.24, 2.45) is 11.8 Å². The Morgan fingerprint density at radius 3 is 1.36 bits per heavy atom. The van der Waals surface area contributed by atoms with Crippen LogP contribution in [-0.2, 0) is 49.1 Å². The van der Waals surface area contributed by atoms with Crippen molar-refractivity contribution in [2.45, 2.75) is 127 Å². The van der Waals surface area contributed by atoms with E-state index < -0.39 is 36.1 Å². The standard InChI is InChI=1S/C59H71F6N13O5/c60-58(61,62)56-71-49(36-51(73-56)77-32-23-47(77)54(81)69-25-17-42-9-13-44(38-66)14-10-42)75-28-19-40(20-29-75)4-1-6-46(79)7-3-34-83-35-27-68-53(80)8-2-5-41-21-30-76(31-22-41)50-37-52(74-57(72-50)59(63,64)65)78-33-24-48(78)55(82)70-26-18-43-11-15-45(39-67)16-12-43/h9-16,36-37,40-41,47-48H,1-8,17-35H2,(H,68,80)(H,69,81)(H,70,82)/t47-,48-/m0/s1. The van der Waals surface area contributed by atoms with Crippen LogP contribution < -0.4 is 35.6 Å². The largest absolute Gasteiger partial charge is 0.451 e. The number of nitriles is 2. The van der Waals surface area contributed by atoms with E-state index in [-0.39, 0.29) is 46.8 Å². The molecule has 8 rings (SSSR count). The van der Waals surface area contributed by atoms with E-state index in [1.54, 1.807) is 34.1 Å². The number of rotatable bonds is 27. The first kappa shape index (κ1) is 61.5. The van der Waals surface area contributed by atoms with Crippen molar-refractivity contribution in [3.63, 3.8) is 0 Å². The molecule has 2 atom stereocenters. The SMILES string of the molecule is N#Cc1ccc(CCNC(=O)[C@@H]2CCN2c2cc(N3CCC(CCCC(=O)CCCOCCNC(=O)CCCC4CCN(c5cc(N6CC[C@H]6C(=O)NCCc6ccc(C#N)cc6)nc(C(F)(F)F)n5)CC4)CC3)nc(C(F)(F)F)n2)cc1. The monoisotopic (exact) mass is 1160 g/mol. The maximum atomic E-state index is 14.1. The van der Waals surface area contributed by atoms with Gasteiger partial charge in [0.2, 0.25) is 29.4 Å². The average Bonchev–Trinajstić information content (AvgIpc) is 3.24. The van der Waals surface area contributed by atoms with E-state index in [1.165, 1.54) is 12.1 Å². The van der Waals surface area contributed by atoms with Gasteiger partial charge in [0.25, 0.3) is 0 Å². The molecule has 0 aliphatic carbocycles. The number of Topliss-reactive ketones (excluding diaryl/α,β-unsaturated/α-hetero) is 1. The van der Waals surface area contributed by atoms with Crippen molar-refractivity contribution in [1.29, 1.82) is 10.5 Å². The van der Waals surface area contributed by atoms with E-state index >= 15 is 0 Å². The summed E-state index contributed by atoms with van der Waals surface area (Å²) in [5.74, 6) is -2.01. The molecule has 4 aromatic rings. The number of halogens is 6. The van der Waals surface area contributed by atoms with Gasteiger partial charge in [-0.1, -0.05) is 24.3 Å². The van der Waals surface area contributed by atoms with Crippen molar-refractivity contribution < 1.29 is 50.3 Å². The van der Waals surface area contributed by atoms with Crippen molar-refractivity contribution >= 4 is 46.8 Å². The van der Waals surface area contributed by atoms with Gasteiger partial charge in [0.15, 0.2) is 0 Å². The number of alkyl halides is 6. The summed E-state index contributed by atoms with van der Waals surface area (Å²) in [6.45, 7) is 4.39. The molecule has 4 saturated heterocycles. The van der Waals surface area contributed by atoms with Crippen molar-refractivity contribution in [3.05, 3.63) is 94.6 Å². The third-order valence-electron chi connectivity index (χ3n) is 16.0. The highest BCUT2D eigenvalue weighted by molar-refractivity contribution is 5.87. The van der Waals surface area contributed by atoms with Crippen molar-refractivity contribution in [2.75, 3.05) is 91.7 Å². The highest BCUT2D eigenvalue weighted by Crippen LogP contribution is 2.37. The van der Waals surface area contributed by atoms with Crippen LogP contribution in [0.4, 0.5) is 49.6 Å². The molecular formula is C59H71F6N13O5. The summed E-state index contributed by atoms with van der Waals surface area (Å²) in [5.41, 5.74) is 2.95. The van der Waals surface area contributed by atoms with Gasteiger partial charge in [-0.15, -0.1) is 0 Å². The number of piperidine rings is 2. The van der Waals surface area contributed by atoms with E-state index in [9.17, 15) is 45.5 Å². The number of hydrogen-bond acceptors (Lipinski definition) is 15. The summed E-state index contributed by atoms with van der Waals surface area (Å²) in [6.07, 6.45) is 0.0221.